The molecule has 11 heteroatoms. The molecule has 1 fully saturated rings. The first-order valence-electron chi connectivity index (χ1n) is 12.6. The molecule has 3 rings (SSSR count). The number of ketones is 1. The molecule has 0 spiro atoms. The second-order valence-electron chi connectivity index (χ2n) is 9.92. The second-order valence-corrected chi connectivity index (χ2v) is 9.92. The van der Waals surface area contributed by atoms with Gasteiger partial charge in [0.1, 0.15) is 17.6 Å². The summed E-state index contributed by atoms with van der Waals surface area (Å²) in [5.74, 6) is -3.19. The molecule has 1 aliphatic rings. The van der Waals surface area contributed by atoms with Crippen molar-refractivity contribution in [3.8, 4) is 6.07 Å². The standard InChI is InChI=1S/C27H32FN5O5/c1-15(2)24(32-27(37)22-10-16(3)38-33-22)23(34)13-19(11-17-4-6-20(28)7-5-17)26(36)31-21(14-29)12-18-8-9-30-25(18)35/h4-7,10,15,18-19,21,24H,8-9,11-13H2,1-3H3,(H,30,35)(H,31,36)(H,32,37)/t18-,19+,21-,24-/m0/s1. The molecule has 1 aliphatic heterocycles. The molecule has 4 atom stereocenters. The SMILES string of the molecule is Cc1cc(C(=O)N[C@H](C(=O)C[C@@H](Cc2ccc(F)cc2)C(=O)N[C@H](C#N)C[C@@H]2CCNC2=O)C(C)C)no1. The molecule has 3 amide bonds. The van der Waals surface area contributed by atoms with Crippen molar-refractivity contribution in [3.63, 3.8) is 0 Å². The van der Waals surface area contributed by atoms with E-state index in [1.54, 1.807) is 20.8 Å². The van der Waals surface area contributed by atoms with Gasteiger partial charge in [-0.15, -0.1) is 0 Å². The largest absolute Gasteiger partial charge is 0.361 e. The lowest BCUT2D eigenvalue weighted by molar-refractivity contribution is -0.131. The van der Waals surface area contributed by atoms with Gasteiger partial charge in [-0.05, 0) is 49.8 Å². The van der Waals surface area contributed by atoms with Crippen LogP contribution in [0.15, 0.2) is 34.9 Å². The lowest BCUT2D eigenvalue weighted by atomic mass is 9.88. The lowest BCUT2D eigenvalue weighted by Crippen LogP contribution is -2.47. The average molecular weight is 526 g/mol. The number of hydrogen-bond acceptors (Lipinski definition) is 7. The molecule has 1 aromatic carbocycles. The molecule has 0 bridgehead atoms. The minimum Gasteiger partial charge on any atom is -0.361 e. The quantitative estimate of drug-likeness (QED) is 0.384. The summed E-state index contributed by atoms with van der Waals surface area (Å²) in [5, 5.41) is 21.3. The van der Waals surface area contributed by atoms with Gasteiger partial charge in [-0.1, -0.05) is 31.1 Å². The number of nitriles is 1. The maximum absolute atomic E-state index is 13.4. The van der Waals surface area contributed by atoms with Crippen molar-refractivity contribution in [3.05, 3.63) is 53.2 Å². The molecule has 0 unspecified atom stereocenters. The highest BCUT2D eigenvalue weighted by Crippen LogP contribution is 2.20. The van der Waals surface area contributed by atoms with Crippen LogP contribution in [-0.2, 0) is 20.8 Å². The molecule has 0 aliphatic carbocycles. The van der Waals surface area contributed by atoms with E-state index in [2.05, 4.69) is 21.1 Å². The Morgan fingerprint density at radius 2 is 1.95 bits per heavy atom. The third-order valence-corrected chi connectivity index (χ3v) is 6.53. The van der Waals surface area contributed by atoms with Crippen LogP contribution in [0.2, 0.25) is 0 Å². The summed E-state index contributed by atoms with van der Waals surface area (Å²) in [4.78, 5) is 51.3. The van der Waals surface area contributed by atoms with Crippen molar-refractivity contribution in [1.29, 1.82) is 5.26 Å². The molecule has 2 heterocycles. The lowest BCUT2D eigenvalue weighted by Gasteiger charge is -2.24. The highest BCUT2D eigenvalue weighted by Gasteiger charge is 2.33. The first-order chi connectivity index (χ1) is 18.1. The number of carbonyl (C=O) groups excluding carboxylic acids is 4. The number of nitrogens with zero attached hydrogens (tertiary/aromatic N) is 2. The Kier molecular flexibility index (Phi) is 9.71. The Hall–Kier alpha value is -4.07. The smallest absolute Gasteiger partial charge is 0.274 e. The minimum atomic E-state index is -0.918. The van der Waals surface area contributed by atoms with Crippen molar-refractivity contribution < 1.29 is 28.1 Å². The average Bonchev–Trinajstić information content (AvgIpc) is 3.50. The second kappa shape index (κ2) is 12.9. The summed E-state index contributed by atoms with van der Waals surface area (Å²) in [6, 6.07) is 7.24. The molecule has 1 saturated heterocycles. The number of nitrogens with one attached hydrogen (secondary N) is 3. The van der Waals surface area contributed by atoms with Crippen LogP contribution < -0.4 is 16.0 Å². The third kappa shape index (κ3) is 7.71. The zero-order valence-electron chi connectivity index (χ0n) is 21.6. The molecule has 0 radical (unpaired) electrons. The molecule has 38 heavy (non-hydrogen) atoms. The van der Waals surface area contributed by atoms with E-state index >= 15 is 0 Å². The fourth-order valence-corrected chi connectivity index (χ4v) is 4.43. The van der Waals surface area contributed by atoms with Crippen LogP contribution in [0, 0.1) is 41.8 Å². The molecular weight excluding hydrogens is 493 g/mol. The van der Waals surface area contributed by atoms with E-state index in [-0.39, 0.29) is 48.5 Å². The zero-order valence-corrected chi connectivity index (χ0v) is 21.6. The monoisotopic (exact) mass is 525 g/mol. The Bertz CT molecular complexity index is 1200. The van der Waals surface area contributed by atoms with E-state index in [4.69, 9.17) is 4.52 Å². The minimum absolute atomic E-state index is 0.0365. The number of aromatic nitrogens is 1. The van der Waals surface area contributed by atoms with Gasteiger partial charge < -0.3 is 20.5 Å². The number of hydrogen-bond donors (Lipinski definition) is 3. The zero-order chi connectivity index (χ0) is 27.8. The number of amides is 3. The van der Waals surface area contributed by atoms with Gasteiger partial charge in [0.2, 0.25) is 11.8 Å². The van der Waals surface area contributed by atoms with Crippen molar-refractivity contribution in [2.45, 2.75) is 58.5 Å². The predicted molar refractivity (Wildman–Crippen MR) is 134 cm³/mol. The van der Waals surface area contributed by atoms with Gasteiger partial charge in [0.05, 0.1) is 12.1 Å². The van der Waals surface area contributed by atoms with E-state index < -0.39 is 35.6 Å². The predicted octanol–water partition coefficient (Wildman–Crippen LogP) is 2.23. The van der Waals surface area contributed by atoms with Gasteiger partial charge >= 0.3 is 0 Å². The van der Waals surface area contributed by atoms with Gasteiger partial charge in [-0.25, -0.2) is 4.39 Å². The van der Waals surface area contributed by atoms with Crippen molar-refractivity contribution in [2.75, 3.05) is 6.54 Å². The summed E-state index contributed by atoms with van der Waals surface area (Å²) >= 11 is 0. The van der Waals surface area contributed by atoms with Gasteiger partial charge in [-0.2, -0.15) is 5.26 Å². The van der Waals surface area contributed by atoms with E-state index in [1.807, 2.05) is 6.07 Å². The van der Waals surface area contributed by atoms with Crippen LogP contribution in [0.3, 0.4) is 0 Å². The molecule has 0 saturated carbocycles. The number of aryl methyl sites for hydroxylation is 1. The Labute approximate surface area is 220 Å². The first kappa shape index (κ1) is 28.5. The molecule has 202 valence electrons. The highest BCUT2D eigenvalue weighted by molar-refractivity contribution is 5.97. The van der Waals surface area contributed by atoms with Crippen molar-refractivity contribution in [2.24, 2.45) is 17.8 Å². The Morgan fingerprint density at radius 3 is 2.50 bits per heavy atom. The highest BCUT2D eigenvalue weighted by atomic mass is 19.1. The number of rotatable bonds is 12. The summed E-state index contributed by atoms with van der Waals surface area (Å²) in [6.45, 7) is 5.70. The van der Waals surface area contributed by atoms with Crippen LogP contribution >= 0.6 is 0 Å². The van der Waals surface area contributed by atoms with Gasteiger partial charge in [0.25, 0.3) is 5.91 Å². The molecule has 10 nitrogen and oxygen atoms in total. The summed E-state index contributed by atoms with van der Waals surface area (Å²) in [5.41, 5.74) is 0.667. The first-order valence-corrected chi connectivity index (χ1v) is 12.6. The topological polar surface area (TPSA) is 154 Å². The summed E-state index contributed by atoms with van der Waals surface area (Å²) in [6.07, 6.45) is 0.617. The van der Waals surface area contributed by atoms with Crippen LogP contribution in [0.1, 0.15) is 54.9 Å². The molecule has 3 N–H and O–H groups in total. The maximum Gasteiger partial charge on any atom is 0.274 e. The molecular formula is C27H32FN5O5. The maximum atomic E-state index is 13.4. The van der Waals surface area contributed by atoms with Gasteiger partial charge in [0.15, 0.2) is 11.5 Å². The van der Waals surface area contributed by atoms with Crippen molar-refractivity contribution in [1.82, 2.24) is 21.1 Å². The number of benzene rings is 1. The van der Waals surface area contributed by atoms with Crippen LogP contribution in [-0.4, -0.2) is 47.3 Å². The van der Waals surface area contributed by atoms with E-state index in [1.165, 1.54) is 30.3 Å². The van der Waals surface area contributed by atoms with Gasteiger partial charge in [0, 0.05) is 30.9 Å². The summed E-state index contributed by atoms with van der Waals surface area (Å²) < 4.78 is 18.4. The van der Waals surface area contributed by atoms with E-state index in [0.29, 0.717) is 24.3 Å². The van der Waals surface area contributed by atoms with E-state index in [0.717, 1.165) is 0 Å². The number of Topliss-reactive ketones (excluding diaryl/α,β-unsaturated/α-hetero) is 1. The number of carbonyl (C=O) groups is 4. The fraction of sp³-hybridized carbons (Fsp3) is 0.481. The molecule has 2 aromatic rings. The fourth-order valence-electron chi connectivity index (χ4n) is 4.43. The molecule has 1 aromatic heterocycles. The summed E-state index contributed by atoms with van der Waals surface area (Å²) in [7, 11) is 0. The van der Waals surface area contributed by atoms with Crippen LogP contribution in [0.25, 0.3) is 0 Å². The Morgan fingerprint density at radius 1 is 1.24 bits per heavy atom. The van der Waals surface area contributed by atoms with Gasteiger partial charge in [-0.3, -0.25) is 19.2 Å². The van der Waals surface area contributed by atoms with Crippen molar-refractivity contribution >= 4 is 23.5 Å². The van der Waals surface area contributed by atoms with Crippen LogP contribution in [0.4, 0.5) is 4.39 Å². The normalized spacial score (nSPS) is 17.3. The third-order valence-electron chi connectivity index (χ3n) is 6.53. The van der Waals surface area contributed by atoms with Crippen LogP contribution in [0.5, 0.6) is 0 Å². The Balaban J connectivity index is 1.75. The van der Waals surface area contributed by atoms with E-state index in [9.17, 15) is 28.8 Å². The number of halogens is 1.